The summed E-state index contributed by atoms with van der Waals surface area (Å²) in [4.78, 5) is 25.8. The van der Waals surface area contributed by atoms with E-state index in [4.69, 9.17) is 4.74 Å². The van der Waals surface area contributed by atoms with Gasteiger partial charge in [-0.15, -0.1) is 0 Å². The van der Waals surface area contributed by atoms with Crippen molar-refractivity contribution in [2.45, 2.75) is 56.5 Å². The van der Waals surface area contributed by atoms with Crippen LogP contribution < -0.4 is 0 Å². The van der Waals surface area contributed by atoms with Crippen molar-refractivity contribution >= 4 is 34.5 Å². The first kappa shape index (κ1) is 16.0. The van der Waals surface area contributed by atoms with Crippen LogP contribution in [0.25, 0.3) is 0 Å². The van der Waals surface area contributed by atoms with Crippen LogP contribution in [0.2, 0.25) is 0 Å². The van der Waals surface area contributed by atoms with E-state index in [-0.39, 0.29) is 17.3 Å². The van der Waals surface area contributed by atoms with E-state index in [9.17, 15) is 9.59 Å². The SMILES string of the molecule is CC(=O)N1CCC(C2(C(=O)OC(C)(C)C)CC2I)CC1. The number of halogens is 1. The fourth-order valence-electron chi connectivity index (χ4n) is 3.12. The van der Waals surface area contributed by atoms with Gasteiger partial charge in [-0.2, -0.15) is 0 Å². The molecule has 5 heteroatoms. The van der Waals surface area contributed by atoms with Crippen molar-refractivity contribution in [2.75, 3.05) is 13.1 Å². The molecule has 1 heterocycles. The topological polar surface area (TPSA) is 46.6 Å². The number of alkyl halides is 1. The van der Waals surface area contributed by atoms with E-state index < -0.39 is 5.60 Å². The second-order valence-corrected chi connectivity index (χ2v) is 8.50. The van der Waals surface area contributed by atoms with Crippen LogP contribution in [0.5, 0.6) is 0 Å². The van der Waals surface area contributed by atoms with Crippen LogP contribution >= 0.6 is 22.6 Å². The summed E-state index contributed by atoms with van der Waals surface area (Å²) in [7, 11) is 0. The Balaban J connectivity index is 2.03. The Labute approximate surface area is 134 Å². The van der Waals surface area contributed by atoms with Gasteiger partial charge < -0.3 is 9.64 Å². The highest BCUT2D eigenvalue weighted by Gasteiger charge is 2.64. The predicted molar refractivity (Wildman–Crippen MR) is 85.7 cm³/mol. The molecule has 1 amide bonds. The fourth-order valence-corrected chi connectivity index (χ4v) is 4.61. The van der Waals surface area contributed by atoms with E-state index in [0.29, 0.717) is 9.84 Å². The molecule has 114 valence electrons. The molecule has 2 unspecified atom stereocenters. The first-order valence-corrected chi connectivity index (χ1v) is 8.54. The zero-order valence-corrected chi connectivity index (χ0v) is 14.9. The number of carbonyl (C=O) groups is 2. The van der Waals surface area contributed by atoms with E-state index >= 15 is 0 Å². The minimum Gasteiger partial charge on any atom is -0.460 e. The Hall–Kier alpha value is -0.330. The number of amides is 1. The van der Waals surface area contributed by atoms with Crippen molar-refractivity contribution < 1.29 is 14.3 Å². The standard InChI is InChI=1S/C15H24INO3/c1-10(18)17-7-5-11(6-8-17)15(9-12(15)16)13(19)20-14(2,3)4/h11-12H,5-9H2,1-4H3. The van der Waals surface area contributed by atoms with Crippen LogP contribution in [0.3, 0.4) is 0 Å². The average Bonchev–Trinajstić information content (AvgIpc) is 3.00. The van der Waals surface area contributed by atoms with Crippen LogP contribution in [-0.4, -0.2) is 39.4 Å². The molecule has 0 aromatic rings. The quantitative estimate of drug-likeness (QED) is 0.412. The predicted octanol–water partition coefficient (Wildman–Crippen LogP) is 2.78. The van der Waals surface area contributed by atoms with Crippen molar-refractivity contribution in [2.24, 2.45) is 11.3 Å². The molecule has 0 N–H and O–H groups in total. The molecular formula is C15H24INO3. The number of hydrogen-bond donors (Lipinski definition) is 0. The lowest BCUT2D eigenvalue weighted by Gasteiger charge is -2.36. The normalized spacial score (nSPS) is 31.1. The van der Waals surface area contributed by atoms with Crippen LogP contribution in [0.15, 0.2) is 0 Å². The van der Waals surface area contributed by atoms with Crippen LogP contribution in [0.1, 0.15) is 47.0 Å². The van der Waals surface area contributed by atoms with Gasteiger partial charge in [-0.25, -0.2) is 0 Å². The molecule has 1 saturated carbocycles. The van der Waals surface area contributed by atoms with Gasteiger partial charge in [0.15, 0.2) is 0 Å². The Morgan fingerprint density at radius 3 is 2.10 bits per heavy atom. The van der Waals surface area contributed by atoms with Gasteiger partial charge >= 0.3 is 5.97 Å². The number of likely N-dealkylation sites (tertiary alicyclic amines) is 1. The Bertz CT molecular complexity index is 410. The number of esters is 1. The van der Waals surface area contributed by atoms with Crippen LogP contribution in [0.4, 0.5) is 0 Å². The minimum atomic E-state index is -0.427. The molecule has 0 aromatic carbocycles. The van der Waals surface area contributed by atoms with E-state index in [2.05, 4.69) is 22.6 Å². The zero-order chi connectivity index (χ0) is 15.1. The summed E-state index contributed by atoms with van der Waals surface area (Å²) in [6, 6.07) is 0. The molecule has 0 spiro atoms. The van der Waals surface area contributed by atoms with Gasteiger partial charge in [-0.05, 0) is 46.0 Å². The second-order valence-electron chi connectivity index (χ2n) is 6.99. The van der Waals surface area contributed by atoms with Gasteiger partial charge in [-0.3, -0.25) is 9.59 Å². The zero-order valence-electron chi connectivity index (χ0n) is 12.7. The smallest absolute Gasteiger partial charge is 0.313 e. The number of rotatable bonds is 2. The molecule has 4 nitrogen and oxygen atoms in total. The number of piperidine rings is 1. The minimum absolute atomic E-state index is 0.0364. The third kappa shape index (κ3) is 3.12. The summed E-state index contributed by atoms with van der Waals surface area (Å²) in [5.74, 6) is 0.456. The maximum absolute atomic E-state index is 12.6. The number of nitrogens with zero attached hydrogens (tertiary/aromatic N) is 1. The highest BCUT2D eigenvalue weighted by molar-refractivity contribution is 14.1. The van der Waals surface area contributed by atoms with Gasteiger partial charge in [0, 0.05) is 23.9 Å². The van der Waals surface area contributed by atoms with Gasteiger partial charge in [0.1, 0.15) is 5.60 Å². The Morgan fingerprint density at radius 1 is 1.25 bits per heavy atom. The maximum Gasteiger partial charge on any atom is 0.313 e. The highest BCUT2D eigenvalue weighted by Crippen LogP contribution is 2.60. The summed E-state index contributed by atoms with van der Waals surface area (Å²) < 4.78 is 6.02. The van der Waals surface area contributed by atoms with Crippen LogP contribution in [0, 0.1) is 11.3 Å². The summed E-state index contributed by atoms with van der Waals surface area (Å²) in [5.41, 5.74) is -0.722. The van der Waals surface area contributed by atoms with Gasteiger partial charge in [0.05, 0.1) is 5.41 Å². The monoisotopic (exact) mass is 393 g/mol. The molecule has 2 fully saturated rings. The molecule has 2 aliphatic rings. The molecular weight excluding hydrogens is 369 g/mol. The Morgan fingerprint density at radius 2 is 1.75 bits per heavy atom. The molecule has 0 radical (unpaired) electrons. The van der Waals surface area contributed by atoms with E-state index in [0.717, 1.165) is 32.4 Å². The van der Waals surface area contributed by atoms with Gasteiger partial charge in [0.25, 0.3) is 0 Å². The van der Waals surface area contributed by atoms with Crippen molar-refractivity contribution in [3.63, 3.8) is 0 Å². The summed E-state index contributed by atoms with van der Waals surface area (Å²) in [6.07, 6.45) is 2.75. The summed E-state index contributed by atoms with van der Waals surface area (Å²) >= 11 is 2.38. The maximum atomic E-state index is 12.6. The largest absolute Gasteiger partial charge is 0.460 e. The number of hydrogen-bond acceptors (Lipinski definition) is 3. The molecule has 1 aliphatic carbocycles. The number of ether oxygens (including phenoxy) is 1. The van der Waals surface area contributed by atoms with E-state index in [1.807, 2.05) is 25.7 Å². The molecule has 1 saturated heterocycles. The lowest BCUT2D eigenvalue weighted by Crippen LogP contribution is -2.43. The van der Waals surface area contributed by atoms with Crippen LogP contribution in [-0.2, 0) is 14.3 Å². The van der Waals surface area contributed by atoms with Crippen molar-refractivity contribution in [1.29, 1.82) is 0 Å². The lowest BCUT2D eigenvalue weighted by molar-refractivity contribution is -0.164. The third-order valence-electron chi connectivity index (χ3n) is 4.36. The molecule has 0 bridgehead atoms. The average molecular weight is 393 g/mol. The van der Waals surface area contributed by atoms with Crippen molar-refractivity contribution in [3.8, 4) is 0 Å². The first-order valence-electron chi connectivity index (χ1n) is 7.30. The summed E-state index contributed by atoms with van der Waals surface area (Å²) in [5, 5.41) is 0. The molecule has 2 rings (SSSR count). The van der Waals surface area contributed by atoms with Gasteiger partial charge in [0.2, 0.25) is 5.91 Å². The number of carbonyl (C=O) groups excluding carboxylic acids is 2. The van der Waals surface area contributed by atoms with E-state index in [1.54, 1.807) is 6.92 Å². The van der Waals surface area contributed by atoms with E-state index in [1.165, 1.54) is 0 Å². The first-order chi connectivity index (χ1) is 9.17. The lowest BCUT2D eigenvalue weighted by atomic mass is 9.81. The second kappa shape index (κ2) is 5.46. The van der Waals surface area contributed by atoms with Crippen molar-refractivity contribution in [1.82, 2.24) is 4.90 Å². The molecule has 2 atom stereocenters. The molecule has 0 aromatic heterocycles. The Kier molecular flexibility index (Phi) is 4.38. The van der Waals surface area contributed by atoms with Crippen molar-refractivity contribution in [3.05, 3.63) is 0 Å². The highest BCUT2D eigenvalue weighted by atomic mass is 127. The molecule has 20 heavy (non-hydrogen) atoms. The molecule has 1 aliphatic heterocycles. The summed E-state index contributed by atoms with van der Waals surface area (Å²) in [6.45, 7) is 8.91. The van der Waals surface area contributed by atoms with Gasteiger partial charge in [-0.1, -0.05) is 22.6 Å². The fraction of sp³-hybridized carbons (Fsp3) is 0.867. The third-order valence-corrected chi connectivity index (χ3v) is 5.92.